The van der Waals surface area contributed by atoms with Crippen molar-refractivity contribution < 1.29 is 19.1 Å². The van der Waals surface area contributed by atoms with E-state index < -0.39 is 6.10 Å². The van der Waals surface area contributed by atoms with Crippen molar-refractivity contribution in [1.29, 1.82) is 0 Å². The maximum atomic E-state index is 12.2. The molecule has 6 heteroatoms. The number of nitrogens with zero attached hydrogens (tertiary/aromatic N) is 1. The Labute approximate surface area is 147 Å². The highest BCUT2D eigenvalue weighted by Crippen LogP contribution is 2.19. The van der Waals surface area contributed by atoms with Gasteiger partial charge in [-0.3, -0.25) is 9.59 Å². The molecule has 0 saturated carbocycles. The molecule has 134 valence electrons. The van der Waals surface area contributed by atoms with Crippen LogP contribution >= 0.6 is 0 Å². The molecule has 3 rings (SSSR count). The zero-order valence-electron chi connectivity index (χ0n) is 14.5. The van der Waals surface area contributed by atoms with Crippen LogP contribution in [0.2, 0.25) is 0 Å². The fraction of sp³-hybridized carbons (Fsp3) is 0.474. The Balaban J connectivity index is 1.44. The van der Waals surface area contributed by atoms with Gasteiger partial charge in [-0.15, -0.1) is 0 Å². The van der Waals surface area contributed by atoms with Gasteiger partial charge >= 0.3 is 5.97 Å². The normalized spacial score (nSPS) is 16.0. The van der Waals surface area contributed by atoms with E-state index in [4.69, 9.17) is 9.47 Å². The maximum Gasteiger partial charge on any atom is 0.306 e. The number of benzene rings is 1. The van der Waals surface area contributed by atoms with Crippen LogP contribution in [0, 0.1) is 0 Å². The molecule has 1 aromatic heterocycles. The molecule has 1 amide bonds. The predicted octanol–water partition coefficient (Wildman–Crippen LogP) is 2.28. The number of para-hydroxylation sites is 1. The van der Waals surface area contributed by atoms with Crippen LogP contribution in [0.1, 0.15) is 25.3 Å². The number of aromatic nitrogens is 1. The van der Waals surface area contributed by atoms with E-state index in [0.29, 0.717) is 39.1 Å². The van der Waals surface area contributed by atoms with Gasteiger partial charge in [0.25, 0.3) is 5.91 Å². The van der Waals surface area contributed by atoms with Crippen molar-refractivity contribution in [3.63, 3.8) is 0 Å². The SMILES string of the molecule is CC(OC(=O)CCCc1c[nH]c2ccccc12)C(=O)N1CCOCC1. The number of aryl methyl sites for hydroxylation is 1. The van der Waals surface area contributed by atoms with Crippen molar-refractivity contribution >= 4 is 22.8 Å². The summed E-state index contributed by atoms with van der Waals surface area (Å²) in [6, 6.07) is 8.11. The van der Waals surface area contributed by atoms with Crippen LogP contribution in [-0.4, -0.2) is 54.2 Å². The molecule has 0 radical (unpaired) electrons. The number of carbonyl (C=O) groups is 2. The van der Waals surface area contributed by atoms with Gasteiger partial charge in [0, 0.05) is 36.6 Å². The Kier molecular flexibility index (Phi) is 5.71. The van der Waals surface area contributed by atoms with Crippen molar-refractivity contribution in [3.8, 4) is 0 Å². The summed E-state index contributed by atoms with van der Waals surface area (Å²) in [6.45, 7) is 3.83. The van der Waals surface area contributed by atoms with Crippen LogP contribution in [0.4, 0.5) is 0 Å². The number of amides is 1. The Morgan fingerprint density at radius 1 is 1.28 bits per heavy atom. The molecule has 1 N–H and O–H groups in total. The molecule has 6 nitrogen and oxygen atoms in total. The summed E-state index contributed by atoms with van der Waals surface area (Å²) in [7, 11) is 0. The van der Waals surface area contributed by atoms with Crippen LogP contribution in [0.5, 0.6) is 0 Å². The highest BCUT2D eigenvalue weighted by atomic mass is 16.5. The molecular weight excluding hydrogens is 320 g/mol. The topological polar surface area (TPSA) is 71.6 Å². The number of esters is 1. The Bertz CT molecular complexity index is 734. The van der Waals surface area contributed by atoms with E-state index in [-0.39, 0.29) is 11.9 Å². The molecule has 25 heavy (non-hydrogen) atoms. The van der Waals surface area contributed by atoms with E-state index in [0.717, 1.165) is 11.9 Å². The van der Waals surface area contributed by atoms with E-state index in [1.54, 1.807) is 11.8 Å². The lowest BCUT2D eigenvalue weighted by Gasteiger charge is -2.28. The third-order valence-corrected chi connectivity index (χ3v) is 4.48. The van der Waals surface area contributed by atoms with E-state index >= 15 is 0 Å². The fourth-order valence-corrected chi connectivity index (χ4v) is 3.11. The zero-order chi connectivity index (χ0) is 17.6. The van der Waals surface area contributed by atoms with E-state index in [9.17, 15) is 9.59 Å². The molecule has 1 fully saturated rings. The quantitative estimate of drug-likeness (QED) is 0.816. The summed E-state index contributed by atoms with van der Waals surface area (Å²) in [4.78, 5) is 29.2. The lowest BCUT2D eigenvalue weighted by atomic mass is 10.1. The number of hydrogen-bond donors (Lipinski definition) is 1. The first-order valence-electron chi connectivity index (χ1n) is 8.76. The lowest BCUT2D eigenvalue weighted by molar-refractivity contribution is -0.161. The van der Waals surface area contributed by atoms with Gasteiger partial charge in [-0.2, -0.15) is 0 Å². The van der Waals surface area contributed by atoms with Crippen LogP contribution in [0.25, 0.3) is 10.9 Å². The average Bonchev–Trinajstić information content (AvgIpc) is 3.05. The molecule has 1 aliphatic heterocycles. The summed E-state index contributed by atoms with van der Waals surface area (Å²) in [5.74, 6) is -0.470. The lowest BCUT2D eigenvalue weighted by Crippen LogP contribution is -2.46. The predicted molar refractivity (Wildman–Crippen MR) is 94.2 cm³/mol. The van der Waals surface area contributed by atoms with Crippen LogP contribution in [0.3, 0.4) is 0 Å². The van der Waals surface area contributed by atoms with Gasteiger partial charge in [0.1, 0.15) is 0 Å². The minimum atomic E-state index is -0.737. The first-order chi connectivity index (χ1) is 12.1. The van der Waals surface area contributed by atoms with Crippen molar-refractivity contribution in [2.24, 2.45) is 0 Å². The number of aromatic amines is 1. The molecule has 1 aliphatic rings. The molecule has 1 aromatic carbocycles. The second-order valence-corrected chi connectivity index (χ2v) is 6.28. The van der Waals surface area contributed by atoms with E-state index in [1.807, 2.05) is 24.4 Å². The van der Waals surface area contributed by atoms with Gasteiger partial charge in [-0.25, -0.2) is 0 Å². The molecule has 0 aliphatic carbocycles. The Morgan fingerprint density at radius 2 is 2.04 bits per heavy atom. The fourth-order valence-electron chi connectivity index (χ4n) is 3.11. The van der Waals surface area contributed by atoms with Gasteiger partial charge in [0.05, 0.1) is 13.2 Å². The van der Waals surface area contributed by atoms with E-state index in [1.165, 1.54) is 10.9 Å². The van der Waals surface area contributed by atoms with Crippen LogP contribution in [0.15, 0.2) is 30.5 Å². The Morgan fingerprint density at radius 3 is 2.84 bits per heavy atom. The van der Waals surface area contributed by atoms with Crippen LogP contribution < -0.4 is 0 Å². The van der Waals surface area contributed by atoms with Crippen LogP contribution in [-0.2, 0) is 25.5 Å². The maximum absolute atomic E-state index is 12.2. The first kappa shape index (κ1) is 17.5. The average molecular weight is 344 g/mol. The molecule has 2 aromatic rings. The summed E-state index contributed by atoms with van der Waals surface area (Å²) >= 11 is 0. The highest BCUT2D eigenvalue weighted by Gasteiger charge is 2.25. The third-order valence-electron chi connectivity index (χ3n) is 4.48. The number of fused-ring (bicyclic) bond motifs is 1. The number of nitrogens with one attached hydrogen (secondary N) is 1. The Hall–Kier alpha value is -2.34. The molecular formula is C19H24N2O4. The number of hydrogen-bond acceptors (Lipinski definition) is 4. The number of ether oxygens (including phenoxy) is 2. The summed E-state index contributed by atoms with van der Waals surface area (Å²) in [5.41, 5.74) is 2.30. The van der Waals surface area contributed by atoms with Crippen molar-refractivity contribution in [3.05, 3.63) is 36.0 Å². The zero-order valence-corrected chi connectivity index (χ0v) is 14.5. The number of carbonyl (C=O) groups excluding carboxylic acids is 2. The molecule has 1 atom stereocenters. The molecule has 2 heterocycles. The highest BCUT2D eigenvalue weighted by molar-refractivity contribution is 5.84. The molecule has 1 unspecified atom stereocenters. The molecule has 1 saturated heterocycles. The molecule has 0 spiro atoms. The molecule has 0 bridgehead atoms. The first-order valence-corrected chi connectivity index (χ1v) is 8.76. The van der Waals surface area contributed by atoms with Gasteiger partial charge < -0.3 is 19.4 Å². The van der Waals surface area contributed by atoms with Gasteiger partial charge in [0.2, 0.25) is 0 Å². The van der Waals surface area contributed by atoms with Gasteiger partial charge in [-0.05, 0) is 31.4 Å². The third kappa shape index (κ3) is 4.39. The number of rotatable bonds is 6. The number of morpholine rings is 1. The minimum absolute atomic E-state index is 0.145. The second-order valence-electron chi connectivity index (χ2n) is 6.28. The summed E-state index contributed by atoms with van der Waals surface area (Å²) in [5, 5.41) is 1.19. The monoisotopic (exact) mass is 344 g/mol. The van der Waals surface area contributed by atoms with Gasteiger partial charge in [-0.1, -0.05) is 18.2 Å². The van der Waals surface area contributed by atoms with Crippen molar-refractivity contribution in [1.82, 2.24) is 9.88 Å². The smallest absolute Gasteiger partial charge is 0.306 e. The number of H-pyrrole nitrogens is 1. The van der Waals surface area contributed by atoms with Crippen molar-refractivity contribution in [2.45, 2.75) is 32.3 Å². The standard InChI is InChI=1S/C19H24N2O4/c1-14(19(23)21-9-11-24-12-10-21)25-18(22)8-4-5-15-13-20-17-7-3-2-6-16(15)17/h2-3,6-7,13-14,20H,4-5,8-12H2,1H3. The minimum Gasteiger partial charge on any atom is -0.453 e. The second kappa shape index (κ2) is 8.16. The summed E-state index contributed by atoms with van der Waals surface area (Å²) in [6.07, 6.45) is 3.05. The van der Waals surface area contributed by atoms with Gasteiger partial charge in [0.15, 0.2) is 6.10 Å². The largest absolute Gasteiger partial charge is 0.453 e. The van der Waals surface area contributed by atoms with Crippen molar-refractivity contribution in [2.75, 3.05) is 26.3 Å². The van der Waals surface area contributed by atoms with E-state index in [2.05, 4.69) is 11.1 Å². The summed E-state index contributed by atoms with van der Waals surface area (Å²) < 4.78 is 10.5.